The van der Waals surface area contributed by atoms with Gasteiger partial charge in [0.1, 0.15) is 11.4 Å². The molecule has 0 aromatic carbocycles. The second-order valence-electron chi connectivity index (χ2n) is 4.79. The number of nitrogens with zero attached hydrogens (tertiary/aromatic N) is 2. The molecule has 0 bridgehead atoms. The molecule has 2 aromatic rings. The lowest BCUT2D eigenvalue weighted by molar-refractivity contribution is 0.103. The summed E-state index contributed by atoms with van der Waals surface area (Å²) < 4.78 is 0. The summed E-state index contributed by atoms with van der Waals surface area (Å²) in [6.45, 7) is 4.32. The van der Waals surface area contributed by atoms with Gasteiger partial charge in [-0.1, -0.05) is 26.7 Å². The van der Waals surface area contributed by atoms with Crippen molar-refractivity contribution < 1.29 is 4.79 Å². The van der Waals surface area contributed by atoms with E-state index in [4.69, 9.17) is 0 Å². The lowest BCUT2D eigenvalue weighted by atomic mass is 10.2. The number of aryl methyl sites for hydroxylation is 2. The predicted molar refractivity (Wildman–Crippen MR) is 84.9 cm³/mol. The van der Waals surface area contributed by atoms with E-state index < -0.39 is 0 Å². The van der Waals surface area contributed by atoms with Gasteiger partial charge in [0, 0.05) is 10.8 Å². The van der Waals surface area contributed by atoms with Crippen molar-refractivity contribution >= 4 is 28.5 Å². The van der Waals surface area contributed by atoms with Gasteiger partial charge in [0.2, 0.25) is 5.78 Å². The molecule has 0 aliphatic rings. The van der Waals surface area contributed by atoms with Crippen molar-refractivity contribution in [2.45, 2.75) is 52.4 Å². The van der Waals surface area contributed by atoms with Crippen LogP contribution in [0.2, 0.25) is 0 Å². The minimum absolute atomic E-state index is 0.0389. The van der Waals surface area contributed by atoms with E-state index in [9.17, 15) is 4.79 Å². The van der Waals surface area contributed by atoms with Crippen LogP contribution in [-0.4, -0.2) is 15.8 Å². The van der Waals surface area contributed by atoms with E-state index in [1.165, 1.54) is 0 Å². The number of unbranched alkanes of at least 4 members (excludes halogenated alkanes) is 2. The van der Waals surface area contributed by atoms with Crippen molar-refractivity contribution in [2.75, 3.05) is 0 Å². The molecule has 0 fully saturated rings. The van der Waals surface area contributed by atoms with Crippen LogP contribution in [0.4, 0.5) is 0 Å². The highest BCUT2D eigenvalue weighted by Crippen LogP contribution is 2.18. The average Bonchev–Trinajstić information content (AvgIpc) is 3.11. The topological polar surface area (TPSA) is 42.9 Å². The maximum atomic E-state index is 12.3. The zero-order valence-corrected chi connectivity index (χ0v) is 13.6. The number of carbonyl (C=O) groups excluding carboxylic acids is 1. The van der Waals surface area contributed by atoms with Crippen molar-refractivity contribution in [3.8, 4) is 0 Å². The molecular weight excluding hydrogens is 288 g/mol. The van der Waals surface area contributed by atoms with Crippen LogP contribution < -0.4 is 0 Å². The third-order valence-electron chi connectivity index (χ3n) is 3.06. The van der Waals surface area contributed by atoms with E-state index in [1.807, 2.05) is 10.8 Å². The van der Waals surface area contributed by atoms with Gasteiger partial charge in [0.25, 0.3) is 0 Å². The van der Waals surface area contributed by atoms with Gasteiger partial charge in [-0.05, 0) is 25.7 Å². The first-order chi connectivity index (χ1) is 9.74. The summed E-state index contributed by atoms with van der Waals surface area (Å²) in [6.07, 6.45) is 6.48. The van der Waals surface area contributed by atoms with Crippen LogP contribution in [-0.2, 0) is 12.8 Å². The number of hydrogen-bond acceptors (Lipinski definition) is 5. The Balaban J connectivity index is 2.02. The molecule has 20 heavy (non-hydrogen) atoms. The number of ketones is 1. The van der Waals surface area contributed by atoms with Gasteiger partial charge in [-0.2, -0.15) is 0 Å². The lowest BCUT2D eigenvalue weighted by Crippen LogP contribution is -2.03. The van der Waals surface area contributed by atoms with Crippen LogP contribution in [0.1, 0.15) is 65.7 Å². The van der Waals surface area contributed by atoms with Crippen molar-refractivity contribution in [2.24, 2.45) is 0 Å². The second-order valence-corrected chi connectivity index (χ2v) is 6.67. The zero-order chi connectivity index (χ0) is 14.4. The van der Waals surface area contributed by atoms with Crippen molar-refractivity contribution in [3.05, 3.63) is 32.2 Å². The molecule has 2 heterocycles. The third kappa shape index (κ3) is 3.96. The molecule has 0 atom stereocenters. The van der Waals surface area contributed by atoms with Crippen molar-refractivity contribution in [1.29, 1.82) is 0 Å². The zero-order valence-electron chi connectivity index (χ0n) is 12.0. The van der Waals surface area contributed by atoms with Crippen LogP contribution in [0, 0.1) is 0 Å². The first-order valence-corrected chi connectivity index (χ1v) is 8.94. The summed E-state index contributed by atoms with van der Waals surface area (Å²) in [5, 5.41) is 5.82. The average molecular weight is 308 g/mol. The monoisotopic (exact) mass is 308 g/mol. The van der Waals surface area contributed by atoms with Gasteiger partial charge in [0.15, 0.2) is 0 Å². The van der Waals surface area contributed by atoms with Gasteiger partial charge >= 0.3 is 0 Å². The van der Waals surface area contributed by atoms with Crippen LogP contribution in [0.25, 0.3) is 0 Å². The summed E-state index contributed by atoms with van der Waals surface area (Å²) in [5.74, 6) is -0.0389. The Bertz CT molecular complexity index is 511. The number of hydrogen-bond donors (Lipinski definition) is 0. The molecule has 0 unspecified atom stereocenters. The van der Waals surface area contributed by atoms with Crippen molar-refractivity contribution in [1.82, 2.24) is 9.97 Å². The Morgan fingerprint density at radius 1 is 0.950 bits per heavy atom. The number of carbonyl (C=O) groups is 1. The number of aromatic nitrogens is 2. The van der Waals surface area contributed by atoms with Crippen molar-refractivity contribution in [3.63, 3.8) is 0 Å². The highest BCUT2D eigenvalue weighted by molar-refractivity contribution is 7.10. The van der Waals surface area contributed by atoms with E-state index >= 15 is 0 Å². The normalized spacial score (nSPS) is 10.9. The fourth-order valence-electron chi connectivity index (χ4n) is 1.85. The molecule has 0 radical (unpaired) electrons. The molecule has 5 heteroatoms. The summed E-state index contributed by atoms with van der Waals surface area (Å²) >= 11 is 3.15. The molecular formula is C15H20N2OS2. The lowest BCUT2D eigenvalue weighted by Gasteiger charge is -1.93. The van der Waals surface area contributed by atoms with Gasteiger partial charge in [0.05, 0.1) is 10.0 Å². The minimum Gasteiger partial charge on any atom is -0.285 e. The Hall–Kier alpha value is -1.07. The summed E-state index contributed by atoms with van der Waals surface area (Å²) in [6, 6.07) is 0. The Labute approximate surface area is 128 Å². The largest absolute Gasteiger partial charge is 0.285 e. The highest BCUT2D eigenvalue weighted by Gasteiger charge is 2.16. The Morgan fingerprint density at radius 2 is 1.40 bits per heavy atom. The highest BCUT2D eigenvalue weighted by atomic mass is 32.1. The second kappa shape index (κ2) is 7.64. The minimum atomic E-state index is -0.0389. The predicted octanol–water partition coefficient (Wildman–Crippen LogP) is 4.52. The van der Waals surface area contributed by atoms with Crippen LogP contribution >= 0.6 is 22.7 Å². The molecule has 2 rings (SSSR count). The number of thiazole rings is 2. The maximum absolute atomic E-state index is 12.3. The van der Waals surface area contributed by atoms with Crippen LogP contribution in [0.5, 0.6) is 0 Å². The first kappa shape index (κ1) is 15.3. The van der Waals surface area contributed by atoms with E-state index in [0.717, 1.165) is 48.5 Å². The van der Waals surface area contributed by atoms with E-state index in [1.54, 1.807) is 22.7 Å². The molecule has 0 amide bonds. The summed E-state index contributed by atoms with van der Waals surface area (Å²) in [4.78, 5) is 21.2. The summed E-state index contributed by atoms with van der Waals surface area (Å²) in [5.41, 5.74) is 1.10. The standard InChI is InChI=1S/C15H20N2OS2/c1-3-5-7-13-16-11(9-19-13)15(18)12-10-20-14(17-12)8-6-4-2/h9-10H,3-8H2,1-2H3. The Morgan fingerprint density at radius 3 is 1.80 bits per heavy atom. The smallest absolute Gasteiger partial charge is 0.231 e. The van der Waals surface area contributed by atoms with Gasteiger partial charge in [-0.25, -0.2) is 9.97 Å². The van der Waals surface area contributed by atoms with Crippen LogP contribution in [0.15, 0.2) is 10.8 Å². The molecule has 0 saturated heterocycles. The summed E-state index contributed by atoms with van der Waals surface area (Å²) in [7, 11) is 0. The Kier molecular flexibility index (Phi) is 5.86. The van der Waals surface area contributed by atoms with E-state index in [2.05, 4.69) is 23.8 Å². The third-order valence-corrected chi connectivity index (χ3v) is 4.87. The molecule has 0 spiro atoms. The maximum Gasteiger partial charge on any atom is 0.231 e. The molecule has 0 saturated carbocycles. The molecule has 2 aromatic heterocycles. The fourth-order valence-corrected chi connectivity index (χ4v) is 3.49. The first-order valence-electron chi connectivity index (χ1n) is 7.18. The fraction of sp³-hybridized carbons (Fsp3) is 0.533. The molecule has 0 N–H and O–H groups in total. The van der Waals surface area contributed by atoms with E-state index in [0.29, 0.717) is 11.4 Å². The molecule has 108 valence electrons. The molecule has 0 aliphatic heterocycles. The van der Waals surface area contributed by atoms with E-state index in [-0.39, 0.29) is 5.78 Å². The SMILES string of the molecule is CCCCc1nc(C(=O)c2csc(CCCC)n2)cs1. The quantitative estimate of drug-likeness (QED) is 0.674. The molecule has 3 nitrogen and oxygen atoms in total. The van der Waals surface area contributed by atoms with Crippen LogP contribution in [0.3, 0.4) is 0 Å². The van der Waals surface area contributed by atoms with Gasteiger partial charge in [-0.15, -0.1) is 22.7 Å². The molecule has 0 aliphatic carbocycles. The van der Waals surface area contributed by atoms with Gasteiger partial charge < -0.3 is 0 Å². The number of rotatable bonds is 8. The van der Waals surface area contributed by atoms with Gasteiger partial charge in [-0.3, -0.25) is 4.79 Å².